The van der Waals surface area contributed by atoms with Crippen molar-refractivity contribution in [2.24, 2.45) is 0 Å². The molecule has 1 aliphatic rings. The third-order valence-electron chi connectivity index (χ3n) is 2.07. The summed E-state index contributed by atoms with van der Waals surface area (Å²) in [7, 11) is 3.38. The van der Waals surface area contributed by atoms with Crippen molar-refractivity contribution in [3.63, 3.8) is 0 Å². The molecule has 0 unspecified atom stereocenters. The summed E-state index contributed by atoms with van der Waals surface area (Å²) < 4.78 is 4.23. The van der Waals surface area contributed by atoms with Crippen LogP contribution in [0.2, 0.25) is 0 Å². The van der Waals surface area contributed by atoms with Crippen molar-refractivity contribution in [1.82, 2.24) is 0 Å². The molecule has 0 spiro atoms. The maximum absolute atomic E-state index is 6.20. The van der Waals surface area contributed by atoms with E-state index in [0.29, 0.717) is 0 Å². The summed E-state index contributed by atoms with van der Waals surface area (Å²) in [5.41, 5.74) is 2.45. The Morgan fingerprint density at radius 1 is 1.08 bits per heavy atom. The van der Waals surface area contributed by atoms with Crippen molar-refractivity contribution < 1.29 is 0 Å². The van der Waals surface area contributed by atoms with Gasteiger partial charge in [0.25, 0.3) is 0 Å². The van der Waals surface area contributed by atoms with Crippen LogP contribution in [0.5, 0.6) is 0 Å². The Bertz CT molecular complexity index is 276. The number of nitrogens with zero attached hydrogens (tertiary/aromatic N) is 2. The summed E-state index contributed by atoms with van der Waals surface area (Å²) in [5.74, 6) is 0. The first-order valence-corrected chi connectivity index (χ1v) is 5.89. The van der Waals surface area contributed by atoms with Crippen LogP contribution in [0.25, 0.3) is 0 Å². The molecule has 0 N–H and O–H groups in total. The van der Waals surface area contributed by atoms with Crippen molar-refractivity contribution in [2.45, 2.75) is 0 Å². The number of fused-ring (bicyclic) bond motifs is 1. The van der Waals surface area contributed by atoms with Crippen LogP contribution in [0.15, 0.2) is 24.3 Å². The first kappa shape index (κ1) is 8.15. The molecule has 1 aromatic rings. The Morgan fingerprint density at radius 2 is 1.50 bits per heavy atom. The molecule has 12 heavy (non-hydrogen) atoms. The van der Waals surface area contributed by atoms with Crippen LogP contribution in [-0.2, 0) is 0 Å². The maximum Gasteiger partial charge on any atom is 0.197 e. The lowest BCUT2D eigenvalue weighted by Crippen LogP contribution is -2.08. The number of halogens is 1. The molecular formula is C8H10ClN2P. The van der Waals surface area contributed by atoms with E-state index in [4.69, 9.17) is 11.2 Å². The maximum atomic E-state index is 6.20. The first-order chi connectivity index (χ1) is 5.72. The van der Waals surface area contributed by atoms with E-state index < -0.39 is 7.58 Å². The molecule has 0 amide bonds. The van der Waals surface area contributed by atoms with Crippen molar-refractivity contribution in [3.8, 4) is 0 Å². The first-order valence-electron chi connectivity index (χ1n) is 3.74. The molecule has 0 aromatic heterocycles. The Labute approximate surface area is 78.4 Å². The van der Waals surface area contributed by atoms with Crippen LogP contribution in [0, 0.1) is 0 Å². The van der Waals surface area contributed by atoms with Crippen LogP contribution in [0.1, 0.15) is 0 Å². The van der Waals surface area contributed by atoms with Gasteiger partial charge >= 0.3 is 0 Å². The molecule has 64 valence electrons. The van der Waals surface area contributed by atoms with Gasteiger partial charge in [-0.2, -0.15) is 0 Å². The zero-order valence-corrected chi connectivity index (χ0v) is 8.68. The number of hydrogen-bond donors (Lipinski definition) is 0. The predicted octanol–water partition coefficient (Wildman–Crippen LogP) is 3.04. The van der Waals surface area contributed by atoms with Gasteiger partial charge in [0, 0.05) is 14.1 Å². The molecule has 2 rings (SSSR count). The van der Waals surface area contributed by atoms with Crippen LogP contribution in [0.3, 0.4) is 0 Å². The standard InChI is InChI=1S/C8H10ClN2P/c1-10-7-5-3-4-6-8(7)11(2)12(10)9/h3-6H,1-2H3. The largest absolute Gasteiger partial charge is 0.323 e. The monoisotopic (exact) mass is 200 g/mol. The number of para-hydroxylation sites is 2. The molecule has 0 saturated heterocycles. The average Bonchev–Trinajstić information content (AvgIpc) is 2.33. The lowest BCUT2D eigenvalue weighted by molar-refractivity contribution is 1.38. The van der Waals surface area contributed by atoms with Crippen molar-refractivity contribution in [1.29, 1.82) is 0 Å². The summed E-state index contributed by atoms with van der Waals surface area (Å²) in [4.78, 5) is 0. The number of anilines is 2. The van der Waals surface area contributed by atoms with Gasteiger partial charge < -0.3 is 9.34 Å². The van der Waals surface area contributed by atoms with E-state index >= 15 is 0 Å². The molecule has 4 heteroatoms. The second-order valence-corrected chi connectivity index (χ2v) is 5.36. The summed E-state index contributed by atoms with van der Waals surface area (Å²) in [5, 5.41) is 0. The number of rotatable bonds is 0. The fraction of sp³-hybridized carbons (Fsp3) is 0.250. The Balaban J connectivity index is 2.52. The van der Waals surface area contributed by atoms with Gasteiger partial charge in [0.15, 0.2) is 7.58 Å². The van der Waals surface area contributed by atoms with E-state index in [9.17, 15) is 0 Å². The minimum Gasteiger partial charge on any atom is -0.323 e. The van der Waals surface area contributed by atoms with Crippen LogP contribution >= 0.6 is 18.8 Å². The van der Waals surface area contributed by atoms with Gasteiger partial charge in [-0.1, -0.05) is 12.1 Å². The number of hydrogen-bond acceptors (Lipinski definition) is 2. The highest BCUT2D eigenvalue weighted by Crippen LogP contribution is 2.60. The normalized spacial score (nSPS) is 16.9. The highest BCUT2D eigenvalue weighted by Gasteiger charge is 2.29. The Morgan fingerprint density at radius 3 is 1.92 bits per heavy atom. The Hall–Kier alpha value is -0.460. The molecule has 2 nitrogen and oxygen atoms in total. The van der Waals surface area contributed by atoms with Crippen molar-refractivity contribution in [3.05, 3.63) is 24.3 Å². The minimum atomic E-state index is -0.675. The van der Waals surface area contributed by atoms with E-state index in [1.54, 1.807) is 0 Å². The summed E-state index contributed by atoms with van der Waals surface area (Å²) in [6, 6.07) is 8.26. The summed E-state index contributed by atoms with van der Waals surface area (Å²) in [6.45, 7) is 0. The van der Waals surface area contributed by atoms with Gasteiger partial charge in [0.05, 0.1) is 11.4 Å². The molecular weight excluding hydrogens is 191 g/mol. The van der Waals surface area contributed by atoms with Gasteiger partial charge in [0.1, 0.15) is 0 Å². The van der Waals surface area contributed by atoms with E-state index in [-0.39, 0.29) is 0 Å². The topological polar surface area (TPSA) is 6.48 Å². The molecule has 0 fully saturated rings. The third-order valence-corrected chi connectivity index (χ3v) is 4.86. The van der Waals surface area contributed by atoms with Gasteiger partial charge in [-0.05, 0) is 23.4 Å². The van der Waals surface area contributed by atoms with Gasteiger partial charge in [0.2, 0.25) is 0 Å². The third kappa shape index (κ3) is 0.988. The number of benzene rings is 1. The quantitative estimate of drug-likeness (QED) is 0.594. The molecule has 0 radical (unpaired) electrons. The average molecular weight is 201 g/mol. The smallest absolute Gasteiger partial charge is 0.197 e. The highest BCUT2D eigenvalue weighted by atomic mass is 35.7. The zero-order valence-electron chi connectivity index (χ0n) is 7.03. The molecule has 0 saturated carbocycles. The van der Waals surface area contributed by atoms with Crippen molar-refractivity contribution >= 4 is 30.2 Å². The lowest BCUT2D eigenvalue weighted by atomic mass is 10.3. The molecule has 1 aromatic carbocycles. The zero-order chi connectivity index (χ0) is 8.72. The molecule has 0 atom stereocenters. The molecule has 0 aliphatic carbocycles. The minimum absolute atomic E-state index is 0.675. The lowest BCUT2D eigenvalue weighted by Gasteiger charge is -2.19. The van der Waals surface area contributed by atoms with Gasteiger partial charge in [-0.15, -0.1) is 0 Å². The molecule has 1 aliphatic heterocycles. The molecule has 0 bridgehead atoms. The van der Waals surface area contributed by atoms with Crippen LogP contribution < -0.4 is 9.34 Å². The summed E-state index contributed by atoms with van der Waals surface area (Å²) in [6.07, 6.45) is 0. The van der Waals surface area contributed by atoms with Gasteiger partial charge in [-0.25, -0.2) is 0 Å². The van der Waals surface area contributed by atoms with Crippen LogP contribution in [-0.4, -0.2) is 14.1 Å². The Kier molecular flexibility index (Phi) is 1.90. The summed E-state index contributed by atoms with van der Waals surface area (Å²) >= 11 is 6.20. The molecule has 1 heterocycles. The fourth-order valence-corrected chi connectivity index (χ4v) is 2.98. The van der Waals surface area contributed by atoms with E-state index in [2.05, 4.69) is 21.5 Å². The highest BCUT2D eigenvalue weighted by molar-refractivity contribution is 7.86. The van der Waals surface area contributed by atoms with E-state index in [1.807, 2.05) is 26.2 Å². The fourth-order valence-electron chi connectivity index (χ4n) is 1.39. The van der Waals surface area contributed by atoms with E-state index in [0.717, 1.165) is 0 Å². The van der Waals surface area contributed by atoms with E-state index in [1.165, 1.54) is 11.4 Å². The van der Waals surface area contributed by atoms with Crippen molar-refractivity contribution in [2.75, 3.05) is 23.4 Å². The second-order valence-electron chi connectivity index (χ2n) is 2.78. The van der Waals surface area contributed by atoms with Crippen LogP contribution in [0.4, 0.5) is 11.4 Å². The van der Waals surface area contributed by atoms with Gasteiger partial charge in [-0.3, -0.25) is 0 Å². The predicted molar refractivity (Wildman–Crippen MR) is 56.0 cm³/mol. The second kappa shape index (κ2) is 2.79. The SMILES string of the molecule is CN1c2ccccc2N(C)P1Cl.